The number of amides is 1. The fraction of sp³-hybridized carbons (Fsp3) is 0.600. The third kappa shape index (κ3) is 1.79. The molecule has 1 heterocycles. The van der Waals surface area contributed by atoms with Gasteiger partial charge in [0.25, 0.3) is 0 Å². The van der Waals surface area contributed by atoms with E-state index in [9.17, 15) is 4.79 Å². The molecule has 5 heteroatoms. The van der Waals surface area contributed by atoms with Crippen LogP contribution in [0.15, 0.2) is 0 Å². The standard InChI is InChI=1S/C5H7IN2OS/c6-1-2-8-3-4(9)7-5(8)10/h1-3H2,(H,7,9,10). The molecule has 1 N–H and O–H groups in total. The Morgan fingerprint density at radius 3 is 2.90 bits per heavy atom. The summed E-state index contributed by atoms with van der Waals surface area (Å²) in [5, 5.41) is 3.14. The molecule has 56 valence electrons. The number of thiocarbonyl (C=S) groups is 1. The maximum atomic E-state index is 10.7. The number of rotatable bonds is 2. The second kappa shape index (κ2) is 3.47. The minimum Gasteiger partial charge on any atom is -0.339 e. The van der Waals surface area contributed by atoms with Crippen molar-refractivity contribution < 1.29 is 4.79 Å². The van der Waals surface area contributed by atoms with Gasteiger partial charge in [0.1, 0.15) is 0 Å². The molecule has 0 unspecified atom stereocenters. The van der Waals surface area contributed by atoms with Gasteiger partial charge in [0.15, 0.2) is 5.11 Å². The molecule has 0 aromatic rings. The molecular formula is C5H7IN2OS. The molecule has 1 fully saturated rings. The van der Waals surface area contributed by atoms with Gasteiger partial charge in [-0.25, -0.2) is 0 Å². The van der Waals surface area contributed by atoms with E-state index in [-0.39, 0.29) is 5.91 Å². The Kier molecular flexibility index (Phi) is 2.84. The molecule has 1 rings (SSSR count). The Labute approximate surface area is 78.3 Å². The van der Waals surface area contributed by atoms with Crippen LogP contribution in [0, 0.1) is 0 Å². The number of carbonyl (C=O) groups is 1. The van der Waals surface area contributed by atoms with Gasteiger partial charge >= 0.3 is 0 Å². The Morgan fingerprint density at radius 1 is 1.80 bits per heavy atom. The van der Waals surface area contributed by atoms with Crippen molar-refractivity contribution in [1.29, 1.82) is 0 Å². The smallest absolute Gasteiger partial charge is 0.245 e. The average molecular weight is 270 g/mol. The zero-order valence-electron chi connectivity index (χ0n) is 5.26. The highest BCUT2D eigenvalue weighted by Crippen LogP contribution is 1.98. The molecule has 0 spiro atoms. The Bertz CT molecular complexity index is 173. The molecule has 0 aromatic carbocycles. The minimum atomic E-state index is 0.00912. The van der Waals surface area contributed by atoms with E-state index in [1.54, 1.807) is 0 Å². The lowest BCUT2D eigenvalue weighted by atomic mass is 10.6. The first kappa shape index (κ1) is 8.19. The van der Waals surface area contributed by atoms with E-state index in [2.05, 4.69) is 27.9 Å². The molecule has 3 nitrogen and oxygen atoms in total. The van der Waals surface area contributed by atoms with Crippen molar-refractivity contribution in [2.45, 2.75) is 0 Å². The lowest BCUT2D eigenvalue weighted by molar-refractivity contribution is -0.118. The van der Waals surface area contributed by atoms with Gasteiger partial charge in [-0.05, 0) is 12.2 Å². The summed E-state index contributed by atoms with van der Waals surface area (Å²) < 4.78 is 0.993. The molecule has 0 atom stereocenters. The van der Waals surface area contributed by atoms with E-state index in [0.29, 0.717) is 11.7 Å². The topological polar surface area (TPSA) is 32.3 Å². The summed E-state index contributed by atoms with van der Waals surface area (Å²) in [5.41, 5.74) is 0. The van der Waals surface area contributed by atoms with Crippen LogP contribution >= 0.6 is 34.8 Å². The Hall–Kier alpha value is 0.0900. The van der Waals surface area contributed by atoms with Gasteiger partial charge in [0, 0.05) is 11.0 Å². The van der Waals surface area contributed by atoms with Crippen LogP contribution in [0.2, 0.25) is 0 Å². The summed E-state index contributed by atoms with van der Waals surface area (Å²) >= 11 is 7.13. The van der Waals surface area contributed by atoms with Crippen LogP contribution in [0.4, 0.5) is 0 Å². The highest BCUT2D eigenvalue weighted by Gasteiger charge is 2.21. The average Bonchev–Trinajstić information content (AvgIpc) is 2.13. The van der Waals surface area contributed by atoms with Crippen molar-refractivity contribution in [3.05, 3.63) is 0 Å². The summed E-state index contributed by atoms with van der Waals surface area (Å²) in [6.45, 7) is 1.29. The lowest BCUT2D eigenvalue weighted by Crippen LogP contribution is -2.29. The van der Waals surface area contributed by atoms with Crippen LogP contribution in [0.5, 0.6) is 0 Å². The van der Waals surface area contributed by atoms with Crippen LogP contribution in [-0.2, 0) is 4.79 Å². The molecule has 0 saturated carbocycles. The van der Waals surface area contributed by atoms with Crippen LogP contribution in [0.3, 0.4) is 0 Å². The summed E-state index contributed by atoms with van der Waals surface area (Å²) in [5.74, 6) is 0.00912. The summed E-state index contributed by atoms with van der Waals surface area (Å²) in [4.78, 5) is 12.6. The maximum absolute atomic E-state index is 10.7. The molecule has 0 radical (unpaired) electrons. The van der Waals surface area contributed by atoms with Crippen molar-refractivity contribution >= 4 is 45.8 Å². The summed E-state index contributed by atoms with van der Waals surface area (Å²) in [7, 11) is 0. The van der Waals surface area contributed by atoms with Gasteiger partial charge < -0.3 is 10.2 Å². The molecule has 0 aromatic heterocycles. The SMILES string of the molecule is O=C1CN(CCI)C(=S)N1. The maximum Gasteiger partial charge on any atom is 0.245 e. The number of carbonyl (C=O) groups excluding carboxylic acids is 1. The third-order valence-corrected chi connectivity index (χ3v) is 2.07. The fourth-order valence-electron chi connectivity index (χ4n) is 0.766. The van der Waals surface area contributed by atoms with E-state index < -0.39 is 0 Å². The first-order valence-corrected chi connectivity index (χ1v) is 4.82. The quantitative estimate of drug-likeness (QED) is 0.440. The number of hydrogen-bond donors (Lipinski definition) is 1. The minimum absolute atomic E-state index is 0.00912. The third-order valence-electron chi connectivity index (χ3n) is 1.22. The molecule has 0 bridgehead atoms. The molecule has 1 aliphatic rings. The van der Waals surface area contributed by atoms with Gasteiger partial charge in [-0.15, -0.1) is 0 Å². The van der Waals surface area contributed by atoms with E-state index in [0.717, 1.165) is 11.0 Å². The zero-order chi connectivity index (χ0) is 7.56. The van der Waals surface area contributed by atoms with E-state index in [4.69, 9.17) is 12.2 Å². The van der Waals surface area contributed by atoms with Crippen LogP contribution in [0.1, 0.15) is 0 Å². The molecule has 0 aliphatic carbocycles. The van der Waals surface area contributed by atoms with Crippen molar-refractivity contribution in [2.24, 2.45) is 0 Å². The van der Waals surface area contributed by atoms with Gasteiger partial charge in [-0.1, -0.05) is 22.6 Å². The largest absolute Gasteiger partial charge is 0.339 e. The second-order valence-corrected chi connectivity index (χ2v) is 3.43. The van der Waals surface area contributed by atoms with Crippen LogP contribution < -0.4 is 5.32 Å². The summed E-state index contributed by atoms with van der Waals surface area (Å²) in [6.07, 6.45) is 0. The van der Waals surface area contributed by atoms with Crippen molar-refractivity contribution in [3.8, 4) is 0 Å². The molecule has 1 aliphatic heterocycles. The van der Waals surface area contributed by atoms with E-state index in [1.807, 2.05) is 4.90 Å². The number of nitrogens with one attached hydrogen (secondary N) is 1. The zero-order valence-corrected chi connectivity index (χ0v) is 8.24. The number of alkyl halides is 1. The molecular weight excluding hydrogens is 263 g/mol. The molecule has 1 saturated heterocycles. The second-order valence-electron chi connectivity index (χ2n) is 1.96. The van der Waals surface area contributed by atoms with Gasteiger partial charge in [-0.3, -0.25) is 4.79 Å². The lowest BCUT2D eigenvalue weighted by Gasteiger charge is -2.11. The fourth-order valence-corrected chi connectivity index (χ4v) is 1.62. The van der Waals surface area contributed by atoms with Crippen molar-refractivity contribution in [3.63, 3.8) is 0 Å². The summed E-state index contributed by atoms with van der Waals surface area (Å²) in [6, 6.07) is 0. The number of nitrogens with zero attached hydrogens (tertiary/aromatic N) is 1. The first-order valence-electron chi connectivity index (χ1n) is 2.89. The normalized spacial score (nSPS) is 17.9. The van der Waals surface area contributed by atoms with Gasteiger partial charge in [0.2, 0.25) is 5.91 Å². The Morgan fingerprint density at radius 2 is 2.50 bits per heavy atom. The molecule has 1 amide bonds. The van der Waals surface area contributed by atoms with Crippen molar-refractivity contribution in [2.75, 3.05) is 17.5 Å². The predicted octanol–water partition coefficient (Wildman–Crippen LogP) is 0.138. The van der Waals surface area contributed by atoms with Gasteiger partial charge in [-0.2, -0.15) is 0 Å². The van der Waals surface area contributed by atoms with Gasteiger partial charge in [0.05, 0.1) is 6.54 Å². The number of halogens is 1. The van der Waals surface area contributed by atoms with E-state index in [1.165, 1.54) is 0 Å². The Balaban J connectivity index is 2.46. The highest BCUT2D eigenvalue weighted by atomic mass is 127. The van der Waals surface area contributed by atoms with Crippen molar-refractivity contribution in [1.82, 2.24) is 10.2 Å². The monoisotopic (exact) mass is 270 g/mol. The first-order chi connectivity index (χ1) is 4.74. The van der Waals surface area contributed by atoms with E-state index >= 15 is 0 Å². The number of hydrogen-bond acceptors (Lipinski definition) is 2. The van der Waals surface area contributed by atoms with Crippen LogP contribution in [-0.4, -0.2) is 33.4 Å². The highest BCUT2D eigenvalue weighted by molar-refractivity contribution is 14.1. The predicted molar refractivity (Wildman–Crippen MR) is 51.2 cm³/mol. The van der Waals surface area contributed by atoms with Crippen LogP contribution in [0.25, 0.3) is 0 Å². The molecule has 10 heavy (non-hydrogen) atoms.